The Kier molecular flexibility index (Phi) is 5.51. The molecule has 1 atom stereocenters. The van der Waals surface area contributed by atoms with Crippen LogP contribution >= 0.6 is 15.9 Å². The number of hydrogen-bond acceptors (Lipinski definition) is 4. The fraction of sp³-hybridized carbons (Fsp3) is 0.400. The molecule has 5 nitrogen and oxygen atoms in total. The first-order valence-corrected chi connectivity index (χ1v) is 9.46. The van der Waals surface area contributed by atoms with Crippen LogP contribution in [0, 0.1) is 13.8 Å². The van der Waals surface area contributed by atoms with E-state index >= 15 is 0 Å². The number of ketones is 1. The summed E-state index contributed by atoms with van der Waals surface area (Å²) in [7, 11) is 0. The van der Waals surface area contributed by atoms with Crippen LogP contribution in [0.1, 0.15) is 47.6 Å². The second-order valence-corrected chi connectivity index (χ2v) is 7.55. The molecule has 0 aliphatic heterocycles. The van der Waals surface area contributed by atoms with Crippen molar-refractivity contribution in [2.24, 2.45) is 0 Å². The normalized spacial score (nSPS) is 14.8. The number of aromatic nitrogens is 1. The van der Waals surface area contributed by atoms with Crippen molar-refractivity contribution in [3.63, 3.8) is 0 Å². The second kappa shape index (κ2) is 7.66. The van der Waals surface area contributed by atoms with Gasteiger partial charge in [0, 0.05) is 27.5 Å². The molecule has 1 heterocycles. The van der Waals surface area contributed by atoms with Crippen molar-refractivity contribution >= 4 is 27.7 Å². The van der Waals surface area contributed by atoms with Crippen LogP contribution in [-0.2, 0) is 9.53 Å². The highest BCUT2D eigenvalue weighted by Crippen LogP contribution is 2.38. The standard InChI is InChI=1S/C20H22BrNO4/c1-12-10-18(13(2)22(12)16-6-7-16)19(23)11-25-20(24)14(3)26-17-8-4-15(21)5-9-17/h4-5,8-10,14,16H,6-7,11H2,1-3H3/t14-/m1/s1. The molecule has 0 unspecified atom stereocenters. The molecule has 0 bridgehead atoms. The van der Waals surface area contributed by atoms with E-state index in [1.807, 2.05) is 32.0 Å². The lowest BCUT2D eigenvalue weighted by atomic mass is 10.1. The van der Waals surface area contributed by atoms with Crippen molar-refractivity contribution in [3.8, 4) is 5.75 Å². The Balaban J connectivity index is 1.56. The zero-order valence-corrected chi connectivity index (χ0v) is 16.7. The quantitative estimate of drug-likeness (QED) is 0.492. The molecule has 2 aromatic rings. The minimum atomic E-state index is -0.789. The number of esters is 1. The molecule has 1 aromatic carbocycles. The largest absolute Gasteiger partial charge is 0.479 e. The van der Waals surface area contributed by atoms with E-state index in [2.05, 4.69) is 20.5 Å². The van der Waals surface area contributed by atoms with Gasteiger partial charge in [0.2, 0.25) is 5.78 Å². The zero-order valence-electron chi connectivity index (χ0n) is 15.1. The number of carbonyl (C=O) groups is 2. The summed E-state index contributed by atoms with van der Waals surface area (Å²) in [6.45, 7) is 5.28. The Morgan fingerprint density at radius 2 is 1.88 bits per heavy atom. The smallest absolute Gasteiger partial charge is 0.347 e. The Morgan fingerprint density at radius 1 is 1.23 bits per heavy atom. The first-order chi connectivity index (χ1) is 12.4. The number of nitrogens with zero attached hydrogens (tertiary/aromatic N) is 1. The van der Waals surface area contributed by atoms with Gasteiger partial charge in [-0.3, -0.25) is 4.79 Å². The molecule has 1 saturated carbocycles. The molecule has 0 radical (unpaired) electrons. The van der Waals surface area contributed by atoms with E-state index in [-0.39, 0.29) is 12.4 Å². The van der Waals surface area contributed by atoms with Gasteiger partial charge in [0.15, 0.2) is 12.7 Å². The van der Waals surface area contributed by atoms with E-state index in [0.29, 0.717) is 17.4 Å². The molecule has 1 aliphatic carbocycles. The second-order valence-electron chi connectivity index (χ2n) is 6.63. The van der Waals surface area contributed by atoms with Crippen LogP contribution in [0.5, 0.6) is 5.75 Å². The molecule has 138 valence electrons. The number of Topliss-reactive ketones (excluding diaryl/α,β-unsaturated/α-hetero) is 1. The van der Waals surface area contributed by atoms with E-state index in [9.17, 15) is 9.59 Å². The summed E-state index contributed by atoms with van der Waals surface area (Å²) in [6.07, 6.45) is 1.52. The highest BCUT2D eigenvalue weighted by atomic mass is 79.9. The van der Waals surface area contributed by atoms with Gasteiger partial charge in [-0.15, -0.1) is 0 Å². The van der Waals surface area contributed by atoms with Gasteiger partial charge in [-0.1, -0.05) is 15.9 Å². The molecular weight excluding hydrogens is 398 g/mol. The summed E-state index contributed by atoms with van der Waals surface area (Å²) in [4.78, 5) is 24.6. The maximum atomic E-state index is 12.5. The SMILES string of the molecule is Cc1cc(C(=O)COC(=O)[C@@H](C)Oc2ccc(Br)cc2)c(C)n1C1CC1. The molecular formula is C20H22BrNO4. The summed E-state index contributed by atoms with van der Waals surface area (Å²) in [5.41, 5.74) is 2.65. The van der Waals surface area contributed by atoms with E-state index in [4.69, 9.17) is 9.47 Å². The highest BCUT2D eigenvalue weighted by molar-refractivity contribution is 9.10. The number of benzene rings is 1. The molecule has 26 heavy (non-hydrogen) atoms. The number of carbonyl (C=O) groups excluding carboxylic acids is 2. The maximum Gasteiger partial charge on any atom is 0.347 e. The molecule has 1 aromatic heterocycles. The number of halogens is 1. The van der Waals surface area contributed by atoms with Crippen LogP contribution in [0.15, 0.2) is 34.8 Å². The lowest BCUT2D eigenvalue weighted by molar-refractivity contribution is -0.149. The van der Waals surface area contributed by atoms with Gasteiger partial charge in [-0.25, -0.2) is 4.79 Å². The highest BCUT2D eigenvalue weighted by Gasteiger charge is 2.28. The predicted molar refractivity (Wildman–Crippen MR) is 102 cm³/mol. The van der Waals surface area contributed by atoms with Gasteiger partial charge in [-0.2, -0.15) is 0 Å². The van der Waals surface area contributed by atoms with Gasteiger partial charge in [0.25, 0.3) is 0 Å². The summed E-state index contributed by atoms with van der Waals surface area (Å²) in [6, 6.07) is 9.56. The molecule has 0 saturated heterocycles. The topological polar surface area (TPSA) is 57.5 Å². The predicted octanol–water partition coefficient (Wildman–Crippen LogP) is 4.40. The van der Waals surface area contributed by atoms with Crippen LogP contribution in [0.25, 0.3) is 0 Å². The van der Waals surface area contributed by atoms with Crippen LogP contribution in [0.2, 0.25) is 0 Å². The first-order valence-electron chi connectivity index (χ1n) is 8.67. The van der Waals surface area contributed by atoms with E-state index in [1.54, 1.807) is 19.1 Å². The maximum absolute atomic E-state index is 12.5. The van der Waals surface area contributed by atoms with Gasteiger partial charge in [-0.05, 0) is 63.9 Å². The number of ether oxygens (including phenoxy) is 2. The van der Waals surface area contributed by atoms with Crippen molar-refractivity contribution < 1.29 is 19.1 Å². The van der Waals surface area contributed by atoms with Crippen molar-refractivity contribution in [1.29, 1.82) is 0 Å². The average molecular weight is 420 g/mol. The van der Waals surface area contributed by atoms with Crippen LogP contribution < -0.4 is 4.74 Å². The lowest BCUT2D eigenvalue weighted by Crippen LogP contribution is -2.28. The van der Waals surface area contributed by atoms with Crippen LogP contribution in [0.4, 0.5) is 0 Å². The van der Waals surface area contributed by atoms with Gasteiger partial charge in [0.05, 0.1) is 0 Å². The number of hydrogen-bond donors (Lipinski definition) is 0. The Labute approximate surface area is 161 Å². The summed E-state index contributed by atoms with van der Waals surface area (Å²) in [5, 5.41) is 0. The first kappa shape index (κ1) is 18.7. The van der Waals surface area contributed by atoms with Gasteiger partial charge in [0.1, 0.15) is 5.75 Å². The van der Waals surface area contributed by atoms with Crippen LogP contribution in [0.3, 0.4) is 0 Å². The van der Waals surface area contributed by atoms with E-state index < -0.39 is 12.1 Å². The fourth-order valence-corrected chi connectivity index (χ4v) is 3.32. The molecule has 1 fully saturated rings. The third kappa shape index (κ3) is 4.18. The van der Waals surface area contributed by atoms with Crippen molar-refractivity contribution in [2.45, 2.75) is 45.8 Å². The number of rotatable bonds is 7. The van der Waals surface area contributed by atoms with Crippen molar-refractivity contribution in [1.82, 2.24) is 4.57 Å². The number of aryl methyl sites for hydroxylation is 1. The van der Waals surface area contributed by atoms with Crippen LogP contribution in [-0.4, -0.2) is 29.0 Å². The molecule has 3 rings (SSSR count). The average Bonchev–Trinajstić information content (AvgIpc) is 3.39. The molecule has 0 N–H and O–H groups in total. The summed E-state index contributed by atoms with van der Waals surface area (Å²) < 4.78 is 13.8. The minimum Gasteiger partial charge on any atom is -0.479 e. The molecule has 0 amide bonds. The van der Waals surface area contributed by atoms with Gasteiger partial charge >= 0.3 is 5.97 Å². The zero-order chi connectivity index (χ0) is 18.8. The molecule has 1 aliphatic rings. The molecule has 6 heteroatoms. The third-order valence-corrected chi connectivity index (χ3v) is 5.03. The summed E-state index contributed by atoms with van der Waals surface area (Å²) in [5.74, 6) is -0.177. The Bertz CT molecular complexity index is 821. The monoisotopic (exact) mass is 419 g/mol. The lowest BCUT2D eigenvalue weighted by Gasteiger charge is -2.14. The van der Waals surface area contributed by atoms with E-state index in [1.165, 1.54) is 0 Å². The fourth-order valence-electron chi connectivity index (χ4n) is 3.05. The third-order valence-electron chi connectivity index (χ3n) is 4.50. The Hall–Kier alpha value is -2.08. The Morgan fingerprint density at radius 3 is 2.50 bits per heavy atom. The van der Waals surface area contributed by atoms with Crippen molar-refractivity contribution in [2.75, 3.05) is 6.61 Å². The van der Waals surface area contributed by atoms with Gasteiger partial charge < -0.3 is 14.0 Å². The van der Waals surface area contributed by atoms with E-state index in [0.717, 1.165) is 28.7 Å². The minimum absolute atomic E-state index is 0.186. The van der Waals surface area contributed by atoms with Crippen molar-refractivity contribution in [3.05, 3.63) is 51.8 Å². The summed E-state index contributed by atoms with van der Waals surface area (Å²) >= 11 is 3.34. The molecule has 0 spiro atoms.